The predicted octanol–water partition coefficient (Wildman–Crippen LogP) is 15.3. The van der Waals surface area contributed by atoms with Crippen LogP contribution in [0, 0.1) is 17.8 Å². The highest BCUT2D eigenvalue weighted by Gasteiger charge is 2.51. The molecule has 6 aliphatic rings. The number of hydrogen-bond donors (Lipinski definition) is 0. The Labute approximate surface area is 334 Å². The SMILES string of the molecule is CC1(C)c2cc(-c3ccccc3)ccc2-c2cc(-c3ccccc3)c(N(c3ccc(C4CCCCC4)cc3)c3ccc(C45CC6CC(CC(C6)C4)C5)cc3)cc21. The van der Waals surface area contributed by atoms with Crippen molar-refractivity contribution in [3.63, 3.8) is 0 Å². The molecule has 0 aliphatic heterocycles. The molecule has 0 heterocycles. The molecular formula is C55H55N. The van der Waals surface area contributed by atoms with Crippen LogP contribution in [-0.2, 0) is 10.8 Å². The van der Waals surface area contributed by atoms with Crippen LogP contribution in [-0.4, -0.2) is 0 Å². The summed E-state index contributed by atoms with van der Waals surface area (Å²) in [6.07, 6.45) is 15.4. The van der Waals surface area contributed by atoms with Crippen molar-refractivity contribution < 1.29 is 0 Å². The third kappa shape index (κ3) is 5.71. The van der Waals surface area contributed by atoms with Gasteiger partial charge < -0.3 is 4.90 Å². The van der Waals surface area contributed by atoms with Crippen LogP contribution in [0.2, 0.25) is 0 Å². The fraction of sp³-hybridized carbons (Fsp3) is 0.345. The summed E-state index contributed by atoms with van der Waals surface area (Å²) >= 11 is 0. The number of anilines is 3. The lowest BCUT2D eigenvalue weighted by molar-refractivity contribution is -0.00518. The lowest BCUT2D eigenvalue weighted by atomic mass is 9.48. The molecule has 0 spiro atoms. The quantitative estimate of drug-likeness (QED) is 0.158. The highest BCUT2D eigenvalue weighted by molar-refractivity contribution is 5.95. The minimum Gasteiger partial charge on any atom is -0.310 e. The van der Waals surface area contributed by atoms with Gasteiger partial charge in [-0.1, -0.05) is 130 Å². The standard InChI is InChI=1S/C55H55N/c1-54(2)51-31-44(41-14-8-4-9-15-41)20-27-48(51)50-32-49(43-16-10-5-11-17-43)53(33-52(50)54)56(46-23-18-42(19-24-46)40-12-6-3-7-13-40)47-25-21-45(22-26-47)55-34-37-28-38(35-55)30-39(29-37)36-55/h4-5,8-11,14-27,31-33,37-40H,3,6-7,12-13,28-30,34-36H2,1-2H3. The smallest absolute Gasteiger partial charge is 0.0543 e. The second kappa shape index (κ2) is 13.4. The van der Waals surface area contributed by atoms with Crippen molar-refractivity contribution in [3.8, 4) is 33.4 Å². The maximum atomic E-state index is 2.59. The van der Waals surface area contributed by atoms with Crippen LogP contribution in [0.15, 0.2) is 140 Å². The first-order valence-corrected chi connectivity index (χ1v) is 21.9. The lowest BCUT2D eigenvalue weighted by Gasteiger charge is -2.57. The second-order valence-electron chi connectivity index (χ2n) is 19.0. The number of rotatable bonds is 7. The van der Waals surface area contributed by atoms with E-state index in [9.17, 15) is 0 Å². The summed E-state index contributed by atoms with van der Waals surface area (Å²) in [5.41, 5.74) is 17.7. The maximum absolute atomic E-state index is 2.59. The first-order valence-electron chi connectivity index (χ1n) is 21.9. The van der Waals surface area contributed by atoms with E-state index in [4.69, 9.17) is 0 Å². The molecule has 4 bridgehead atoms. The zero-order valence-corrected chi connectivity index (χ0v) is 33.3. The van der Waals surface area contributed by atoms with Gasteiger partial charge in [-0.2, -0.15) is 0 Å². The maximum Gasteiger partial charge on any atom is 0.0543 e. The monoisotopic (exact) mass is 729 g/mol. The fourth-order valence-corrected chi connectivity index (χ4v) is 12.8. The van der Waals surface area contributed by atoms with Crippen molar-refractivity contribution in [2.75, 3.05) is 4.90 Å². The minimum atomic E-state index is -0.154. The molecule has 6 aromatic rings. The zero-order chi connectivity index (χ0) is 37.4. The first kappa shape index (κ1) is 34.4. The molecule has 6 aliphatic carbocycles. The van der Waals surface area contributed by atoms with Gasteiger partial charge in [0, 0.05) is 22.4 Å². The molecule has 5 fully saturated rings. The van der Waals surface area contributed by atoms with E-state index < -0.39 is 0 Å². The highest BCUT2D eigenvalue weighted by atomic mass is 15.1. The predicted molar refractivity (Wildman–Crippen MR) is 235 cm³/mol. The summed E-state index contributed by atoms with van der Waals surface area (Å²) in [7, 11) is 0. The second-order valence-corrected chi connectivity index (χ2v) is 19.0. The summed E-state index contributed by atoms with van der Waals surface area (Å²) in [4.78, 5) is 2.59. The van der Waals surface area contributed by atoms with E-state index in [-0.39, 0.29) is 5.41 Å². The number of benzene rings is 6. The van der Waals surface area contributed by atoms with Crippen LogP contribution in [0.5, 0.6) is 0 Å². The van der Waals surface area contributed by atoms with Crippen molar-refractivity contribution in [1.29, 1.82) is 0 Å². The number of nitrogens with zero attached hydrogens (tertiary/aromatic N) is 1. The van der Waals surface area contributed by atoms with Gasteiger partial charge in [-0.05, 0) is 173 Å². The Morgan fingerprint density at radius 1 is 0.482 bits per heavy atom. The van der Waals surface area contributed by atoms with Crippen LogP contribution in [0.25, 0.3) is 33.4 Å². The van der Waals surface area contributed by atoms with Gasteiger partial charge in [0.05, 0.1) is 5.69 Å². The Morgan fingerprint density at radius 2 is 1.05 bits per heavy atom. The molecular weight excluding hydrogens is 675 g/mol. The Kier molecular flexibility index (Phi) is 8.20. The van der Waals surface area contributed by atoms with Crippen molar-refractivity contribution in [2.45, 2.75) is 101 Å². The molecule has 0 amide bonds. The molecule has 1 heteroatoms. The minimum absolute atomic E-state index is 0.154. The zero-order valence-electron chi connectivity index (χ0n) is 33.3. The molecule has 1 nitrogen and oxygen atoms in total. The Morgan fingerprint density at radius 3 is 1.68 bits per heavy atom. The first-order chi connectivity index (χ1) is 27.4. The Bertz CT molecular complexity index is 2340. The van der Waals surface area contributed by atoms with E-state index in [1.807, 2.05) is 0 Å². The van der Waals surface area contributed by atoms with E-state index >= 15 is 0 Å². The molecule has 0 N–H and O–H groups in total. The molecule has 0 saturated heterocycles. The number of hydrogen-bond acceptors (Lipinski definition) is 1. The normalized spacial score (nSPS) is 24.5. The van der Waals surface area contributed by atoms with Gasteiger partial charge in [0.25, 0.3) is 0 Å². The number of fused-ring (bicyclic) bond motifs is 3. The Balaban J connectivity index is 1.07. The average molecular weight is 730 g/mol. The third-order valence-corrected chi connectivity index (χ3v) is 15.2. The van der Waals surface area contributed by atoms with Crippen LogP contribution < -0.4 is 4.90 Å². The van der Waals surface area contributed by atoms with E-state index in [1.165, 1.54) is 138 Å². The van der Waals surface area contributed by atoms with E-state index in [0.29, 0.717) is 11.3 Å². The summed E-state index contributed by atoms with van der Waals surface area (Å²) in [5.74, 6) is 3.51. The largest absolute Gasteiger partial charge is 0.310 e. The summed E-state index contributed by atoms with van der Waals surface area (Å²) in [6, 6.07) is 54.0. The topological polar surface area (TPSA) is 3.24 Å². The molecule has 280 valence electrons. The molecule has 0 unspecified atom stereocenters. The average Bonchev–Trinajstić information content (AvgIpc) is 3.46. The van der Waals surface area contributed by atoms with E-state index in [1.54, 1.807) is 5.56 Å². The van der Waals surface area contributed by atoms with E-state index in [2.05, 4.69) is 158 Å². The molecule has 6 aromatic carbocycles. The Hall–Kier alpha value is -4.88. The molecule has 0 radical (unpaired) electrons. The van der Waals surface area contributed by atoms with Crippen molar-refractivity contribution in [1.82, 2.24) is 0 Å². The molecule has 0 aromatic heterocycles. The van der Waals surface area contributed by atoms with Crippen LogP contribution in [0.4, 0.5) is 17.1 Å². The van der Waals surface area contributed by atoms with E-state index in [0.717, 1.165) is 17.8 Å². The fourth-order valence-electron chi connectivity index (χ4n) is 12.8. The molecule has 5 saturated carbocycles. The van der Waals surface area contributed by atoms with Gasteiger partial charge in [0.15, 0.2) is 0 Å². The van der Waals surface area contributed by atoms with Crippen molar-refractivity contribution in [2.24, 2.45) is 17.8 Å². The highest BCUT2D eigenvalue weighted by Crippen LogP contribution is 2.61. The summed E-state index contributed by atoms with van der Waals surface area (Å²) < 4.78 is 0. The van der Waals surface area contributed by atoms with Crippen molar-refractivity contribution in [3.05, 3.63) is 162 Å². The molecule has 56 heavy (non-hydrogen) atoms. The van der Waals surface area contributed by atoms with Gasteiger partial charge in [-0.15, -0.1) is 0 Å². The third-order valence-electron chi connectivity index (χ3n) is 15.2. The van der Waals surface area contributed by atoms with Crippen LogP contribution in [0.1, 0.15) is 113 Å². The van der Waals surface area contributed by atoms with Gasteiger partial charge in [-0.25, -0.2) is 0 Å². The van der Waals surface area contributed by atoms with Crippen LogP contribution >= 0.6 is 0 Å². The molecule has 0 atom stereocenters. The summed E-state index contributed by atoms with van der Waals surface area (Å²) in [6.45, 7) is 4.87. The van der Waals surface area contributed by atoms with Crippen LogP contribution in [0.3, 0.4) is 0 Å². The molecule has 12 rings (SSSR count). The van der Waals surface area contributed by atoms with Gasteiger partial charge in [0.1, 0.15) is 0 Å². The lowest BCUT2D eigenvalue weighted by Crippen LogP contribution is -2.48. The van der Waals surface area contributed by atoms with Gasteiger partial charge in [-0.3, -0.25) is 0 Å². The van der Waals surface area contributed by atoms with Gasteiger partial charge in [0.2, 0.25) is 0 Å². The van der Waals surface area contributed by atoms with Crippen molar-refractivity contribution >= 4 is 17.1 Å². The van der Waals surface area contributed by atoms with Gasteiger partial charge >= 0.3 is 0 Å². The summed E-state index contributed by atoms with van der Waals surface area (Å²) in [5, 5.41) is 0.